The molecule has 3 unspecified atom stereocenters. The Kier molecular flexibility index (Phi) is 1.90. The molecule has 1 saturated carbocycles. The molecule has 0 aromatic heterocycles. The van der Waals surface area contributed by atoms with Crippen LogP contribution in [0.2, 0.25) is 0 Å². The molecule has 1 saturated heterocycles. The Morgan fingerprint density at radius 2 is 2.23 bits per heavy atom. The minimum Gasteiger partial charge on any atom is -0.458 e. The first-order valence-corrected chi connectivity index (χ1v) is 5.26. The summed E-state index contributed by atoms with van der Waals surface area (Å²) in [7, 11) is 0. The predicted octanol–water partition coefficient (Wildman–Crippen LogP) is 2.37. The van der Waals surface area contributed by atoms with E-state index in [1.807, 2.05) is 0 Å². The van der Waals surface area contributed by atoms with Gasteiger partial charge in [0, 0.05) is 0 Å². The van der Waals surface area contributed by atoms with Gasteiger partial charge in [-0.05, 0) is 38.0 Å². The summed E-state index contributed by atoms with van der Waals surface area (Å²) in [6.45, 7) is 6.57. The molecule has 1 aliphatic heterocycles. The van der Waals surface area contributed by atoms with Crippen LogP contribution in [0.5, 0.6) is 0 Å². The molecule has 2 rings (SSSR count). The van der Waals surface area contributed by atoms with Gasteiger partial charge < -0.3 is 4.74 Å². The molecule has 2 fully saturated rings. The van der Waals surface area contributed by atoms with Crippen LogP contribution in [0, 0.1) is 17.8 Å². The van der Waals surface area contributed by atoms with Crippen LogP contribution in [-0.4, -0.2) is 11.6 Å². The second-order valence-corrected chi connectivity index (χ2v) is 5.06. The normalized spacial score (nSPS) is 43.8. The van der Waals surface area contributed by atoms with Crippen LogP contribution in [0.1, 0.15) is 40.0 Å². The minimum atomic E-state index is -0.0948. The SMILES string of the molecule is CC(C)C1CCC2(C)OC(=O)C2C1. The summed E-state index contributed by atoms with van der Waals surface area (Å²) < 4.78 is 5.22. The number of esters is 1. The van der Waals surface area contributed by atoms with Crippen molar-refractivity contribution in [1.29, 1.82) is 0 Å². The lowest BCUT2D eigenvalue weighted by atomic mass is 9.66. The number of hydrogen-bond donors (Lipinski definition) is 0. The van der Waals surface area contributed by atoms with Gasteiger partial charge in [-0.15, -0.1) is 0 Å². The first kappa shape index (κ1) is 9.04. The average molecular weight is 182 g/mol. The van der Waals surface area contributed by atoms with Gasteiger partial charge in [-0.3, -0.25) is 4.79 Å². The molecule has 0 N–H and O–H groups in total. The summed E-state index contributed by atoms with van der Waals surface area (Å²) in [5.41, 5.74) is -0.0948. The lowest BCUT2D eigenvalue weighted by Gasteiger charge is -2.50. The van der Waals surface area contributed by atoms with E-state index in [9.17, 15) is 4.79 Å². The van der Waals surface area contributed by atoms with Crippen molar-refractivity contribution in [2.75, 3.05) is 0 Å². The number of fused-ring (bicyclic) bond motifs is 1. The molecule has 0 amide bonds. The van der Waals surface area contributed by atoms with Gasteiger partial charge in [-0.25, -0.2) is 0 Å². The van der Waals surface area contributed by atoms with Crippen molar-refractivity contribution in [1.82, 2.24) is 0 Å². The standard InChI is InChI=1S/C11H18O2/c1-7(2)8-4-5-11(3)9(6-8)10(12)13-11/h7-9H,4-6H2,1-3H3. The molecule has 2 nitrogen and oxygen atoms in total. The molecule has 3 atom stereocenters. The minimum absolute atomic E-state index is 0.0350. The summed E-state index contributed by atoms with van der Waals surface area (Å²) in [5.74, 6) is 1.67. The second-order valence-electron chi connectivity index (χ2n) is 5.06. The predicted molar refractivity (Wildman–Crippen MR) is 50.2 cm³/mol. The fourth-order valence-electron chi connectivity index (χ4n) is 2.63. The highest BCUT2D eigenvalue weighted by Gasteiger charge is 2.55. The molecule has 74 valence electrons. The highest BCUT2D eigenvalue weighted by molar-refractivity contribution is 5.80. The van der Waals surface area contributed by atoms with Crippen LogP contribution in [0.25, 0.3) is 0 Å². The first-order valence-electron chi connectivity index (χ1n) is 5.26. The highest BCUT2D eigenvalue weighted by atomic mass is 16.6. The van der Waals surface area contributed by atoms with Gasteiger partial charge in [0.25, 0.3) is 0 Å². The molecule has 1 heterocycles. The van der Waals surface area contributed by atoms with Crippen molar-refractivity contribution in [3.8, 4) is 0 Å². The molecule has 2 heteroatoms. The molecule has 0 spiro atoms. The Morgan fingerprint density at radius 1 is 1.54 bits per heavy atom. The van der Waals surface area contributed by atoms with Gasteiger partial charge >= 0.3 is 5.97 Å². The zero-order valence-corrected chi connectivity index (χ0v) is 8.67. The summed E-state index contributed by atoms with van der Waals surface area (Å²) in [6.07, 6.45) is 3.33. The van der Waals surface area contributed by atoms with E-state index in [4.69, 9.17) is 4.74 Å². The van der Waals surface area contributed by atoms with E-state index in [2.05, 4.69) is 20.8 Å². The van der Waals surface area contributed by atoms with Crippen LogP contribution < -0.4 is 0 Å². The topological polar surface area (TPSA) is 26.3 Å². The molecule has 0 radical (unpaired) electrons. The third-order valence-corrected chi connectivity index (χ3v) is 3.85. The largest absolute Gasteiger partial charge is 0.458 e. The van der Waals surface area contributed by atoms with Gasteiger partial charge in [-0.1, -0.05) is 13.8 Å². The van der Waals surface area contributed by atoms with Crippen molar-refractivity contribution in [3.63, 3.8) is 0 Å². The van der Waals surface area contributed by atoms with Gasteiger partial charge in [0.1, 0.15) is 5.60 Å². The van der Waals surface area contributed by atoms with Crippen LogP contribution in [0.3, 0.4) is 0 Å². The molecule has 1 aliphatic carbocycles. The smallest absolute Gasteiger partial charge is 0.313 e. The van der Waals surface area contributed by atoms with Crippen LogP contribution in [0.4, 0.5) is 0 Å². The summed E-state index contributed by atoms with van der Waals surface area (Å²) in [4.78, 5) is 11.2. The second kappa shape index (κ2) is 2.73. The fourth-order valence-corrected chi connectivity index (χ4v) is 2.63. The zero-order valence-electron chi connectivity index (χ0n) is 8.67. The molecule has 0 bridgehead atoms. The number of rotatable bonds is 1. The van der Waals surface area contributed by atoms with Gasteiger partial charge in [0.05, 0.1) is 5.92 Å². The van der Waals surface area contributed by atoms with Crippen LogP contribution in [-0.2, 0) is 9.53 Å². The summed E-state index contributed by atoms with van der Waals surface area (Å²) >= 11 is 0. The van der Waals surface area contributed by atoms with E-state index < -0.39 is 0 Å². The van der Waals surface area contributed by atoms with Crippen molar-refractivity contribution < 1.29 is 9.53 Å². The quantitative estimate of drug-likeness (QED) is 0.582. The molecule has 13 heavy (non-hydrogen) atoms. The maximum Gasteiger partial charge on any atom is 0.313 e. The number of carbonyl (C=O) groups is 1. The fraction of sp³-hybridized carbons (Fsp3) is 0.909. The Balaban J connectivity index is 2.04. The van der Waals surface area contributed by atoms with E-state index >= 15 is 0 Å². The molecular weight excluding hydrogens is 164 g/mol. The van der Waals surface area contributed by atoms with E-state index in [1.165, 1.54) is 6.42 Å². The zero-order chi connectivity index (χ0) is 9.64. The maximum absolute atomic E-state index is 11.2. The molecule has 0 aromatic rings. The van der Waals surface area contributed by atoms with Crippen LogP contribution >= 0.6 is 0 Å². The number of hydrogen-bond acceptors (Lipinski definition) is 2. The summed E-state index contributed by atoms with van der Waals surface area (Å²) in [6, 6.07) is 0. The molecule has 2 aliphatic rings. The van der Waals surface area contributed by atoms with Crippen molar-refractivity contribution in [2.45, 2.75) is 45.6 Å². The number of carbonyl (C=O) groups excluding carboxylic acids is 1. The van der Waals surface area contributed by atoms with E-state index in [0.29, 0.717) is 5.92 Å². The van der Waals surface area contributed by atoms with Crippen molar-refractivity contribution in [2.24, 2.45) is 17.8 Å². The lowest BCUT2D eigenvalue weighted by molar-refractivity contribution is -0.220. The van der Waals surface area contributed by atoms with E-state index in [-0.39, 0.29) is 17.5 Å². The Bertz CT molecular complexity index is 234. The molecule has 0 aromatic carbocycles. The van der Waals surface area contributed by atoms with Crippen molar-refractivity contribution in [3.05, 3.63) is 0 Å². The lowest BCUT2D eigenvalue weighted by Crippen LogP contribution is -2.58. The van der Waals surface area contributed by atoms with Gasteiger partial charge in [0.2, 0.25) is 0 Å². The monoisotopic (exact) mass is 182 g/mol. The Labute approximate surface area is 79.7 Å². The maximum atomic E-state index is 11.2. The highest BCUT2D eigenvalue weighted by Crippen LogP contribution is 2.48. The molecular formula is C11H18O2. The number of ether oxygens (including phenoxy) is 1. The third-order valence-electron chi connectivity index (χ3n) is 3.85. The van der Waals surface area contributed by atoms with E-state index in [0.717, 1.165) is 18.8 Å². The van der Waals surface area contributed by atoms with Gasteiger partial charge in [0.15, 0.2) is 0 Å². The summed E-state index contributed by atoms with van der Waals surface area (Å²) in [5, 5.41) is 0. The van der Waals surface area contributed by atoms with Crippen LogP contribution in [0.15, 0.2) is 0 Å². The first-order chi connectivity index (χ1) is 6.03. The Hall–Kier alpha value is -0.530. The van der Waals surface area contributed by atoms with E-state index in [1.54, 1.807) is 0 Å². The average Bonchev–Trinajstić information content (AvgIpc) is 2.02. The Morgan fingerprint density at radius 3 is 2.77 bits per heavy atom. The van der Waals surface area contributed by atoms with Crippen molar-refractivity contribution >= 4 is 5.97 Å². The van der Waals surface area contributed by atoms with Gasteiger partial charge in [-0.2, -0.15) is 0 Å². The third kappa shape index (κ3) is 1.27.